The van der Waals surface area contributed by atoms with Crippen LogP contribution in [0, 0.1) is 17.7 Å². The van der Waals surface area contributed by atoms with Gasteiger partial charge in [0.2, 0.25) is 0 Å². The number of hydrogen-bond acceptors (Lipinski definition) is 4. The predicted octanol–water partition coefficient (Wildman–Crippen LogP) is 0.249. The van der Waals surface area contributed by atoms with E-state index in [0.717, 1.165) is 6.07 Å². The van der Waals surface area contributed by atoms with Gasteiger partial charge in [-0.05, 0) is 18.2 Å². The first kappa shape index (κ1) is 17.1. The fourth-order valence-corrected chi connectivity index (χ4v) is 1.76. The number of halogens is 1. The summed E-state index contributed by atoms with van der Waals surface area (Å²) in [4.78, 5) is 13.3. The van der Waals surface area contributed by atoms with E-state index in [-0.39, 0.29) is 25.3 Å². The van der Waals surface area contributed by atoms with Crippen LogP contribution in [0.2, 0.25) is 0 Å². The molecule has 114 valence electrons. The van der Waals surface area contributed by atoms with E-state index in [2.05, 4.69) is 11.8 Å². The second kappa shape index (κ2) is 8.37. The third-order valence-corrected chi connectivity index (χ3v) is 2.70. The summed E-state index contributed by atoms with van der Waals surface area (Å²) in [6.45, 7) is -0.184. The first-order valence-electron chi connectivity index (χ1n) is 6.31. The molecule has 0 aliphatic heterocycles. The lowest BCUT2D eigenvalue weighted by Gasteiger charge is -2.20. The summed E-state index contributed by atoms with van der Waals surface area (Å²) in [6, 6.07) is 3.96. The van der Waals surface area contributed by atoms with Crippen LogP contribution >= 0.6 is 0 Å². The number of carbonyl (C=O) groups excluding carboxylic acids is 1. The number of aliphatic hydroxyl groups is 2. The van der Waals surface area contributed by atoms with Crippen LogP contribution < -0.4 is 0 Å². The molecule has 1 amide bonds. The largest absolute Gasteiger partial charge is 0.389 e. The van der Waals surface area contributed by atoms with Gasteiger partial charge in [-0.15, -0.1) is 0 Å². The number of aliphatic hydroxyl groups excluding tert-OH is 2. The molecule has 2 N–H and O–H groups in total. The Bertz CT molecular complexity index is 550. The maximum absolute atomic E-state index is 13.9. The molecule has 0 spiro atoms. The molecule has 0 aromatic heterocycles. The van der Waals surface area contributed by atoms with Crippen LogP contribution in [0.1, 0.15) is 15.9 Å². The van der Waals surface area contributed by atoms with Crippen molar-refractivity contribution in [3.05, 3.63) is 35.1 Å². The summed E-state index contributed by atoms with van der Waals surface area (Å²) >= 11 is 0. The Labute approximate surface area is 123 Å². The van der Waals surface area contributed by atoms with Gasteiger partial charge in [-0.2, -0.15) is 0 Å². The fraction of sp³-hybridized carbons (Fsp3) is 0.400. The molecule has 6 heteroatoms. The SMILES string of the molecule is COCC(O)CN(C)C(=O)c1ccc(C#CCO)cc1F. The van der Waals surface area contributed by atoms with Crippen molar-refractivity contribution >= 4 is 5.91 Å². The minimum Gasteiger partial charge on any atom is -0.389 e. The number of rotatable bonds is 5. The molecule has 5 nitrogen and oxygen atoms in total. The lowest BCUT2D eigenvalue weighted by atomic mass is 10.1. The van der Waals surface area contributed by atoms with Gasteiger partial charge in [-0.3, -0.25) is 4.79 Å². The number of carbonyl (C=O) groups is 1. The van der Waals surface area contributed by atoms with Crippen molar-refractivity contribution in [2.45, 2.75) is 6.10 Å². The predicted molar refractivity (Wildman–Crippen MR) is 75.2 cm³/mol. The molecule has 1 aromatic carbocycles. The summed E-state index contributed by atoms with van der Waals surface area (Å²) in [5.41, 5.74) is 0.275. The topological polar surface area (TPSA) is 70.0 Å². The quantitative estimate of drug-likeness (QED) is 0.764. The smallest absolute Gasteiger partial charge is 0.256 e. The summed E-state index contributed by atoms with van der Waals surface area (Å²) in [6.07, 6.45) is -0.832. The van der Waals surface area contributed by atoms with Gasteiger partial charge < -0.3 is 19.8 Å². The van der Waals surface area contributed by atoms with Crippen LogP contribution in [0.15, 0.2) is 18.2 Å². The van der Waals surface area contributed by atoms with E-state index >= 15 is 0 Å². The standard InChI is InChI=1S/C15H18FNO4/c1-17(9-12(19)10-21-2)15(20)13-6-5-11(4-3-7-18)8-14(13)16/h5-6,8,12,18-19H,7,9-10H2,1-2H3. The van der Waals surface area contributed by atoms with E-state index in [4.69, 9.17) is 9.84 Å². The molecule has 1 atom stereocenters. The zero-order valence-electron chi connectivity index (χ0n) is 12.0. The van der Waals surface area contributed by atoms with E-state index < -0.39 is 17.8 Å². The van der Waals surface area contributed by atoms with E-state index in [1.165, 1.54) is 31.2 Å². The third-order valence-electron chi connectivity index (χ3n) is 2.70. The van der Waals surface area contributed by atoms with E-state index in [9.17, 15) is 14.3 Å². The highest BCUT2D eigenvalue weighted by Crippen LogP contribution is 2.12. The van der Waals surface area contributed by atoms with Crippen molar-refractivity contribution in [3.8, 4) is 11.8 Å². The van der Waals surface area contributed by atoms with Gasteiger partial charge in [0.15, 0.2) is 0 Å². The van der Waals surface area contributed by atoms with Gasteiger partial charge in [0.1, 0.15) is 12.4 Å². The molecule has 1 aromatic rings. The minimum absolute atomic E-state index is 0.0399. The molecule has 0 saturated heterocycles. The first-order valence-corrected chi connectivity index (χ1v) is 6.31. The summed E-state index contributed by atoms with van der Waals surface area (Å²) in [5.74, 6) is 3.72. The van der Waals surface area contributed by atoms with Crippen molar-refractivity contribution in [1.82, 2.24) is 4.90 Å². The second-order valence-electron chi connectivity index (χ2n) is 4.45. The molecular formula is C15H18FNO4. The van der Waals surface area contributed by atoms with E-state index in [0.29, 0.717) is 5.56 Å². The highest BCUT2D eigenvalue weighted by Gasteiger charge is 2.18. The first-order chi connectivity index (χ1) is 9.99. The minimum atomic E-state index is -0.832. The van der Waals surface area contributed by atoms with Crippen LogP contribution in [0.3, 0.4) is 0 Å². The van der Waals surface area contributed by atoms with Gasteiger partial charge in [0.05, 0.1) is 18.3 Å². The molecule has 0 radical (unpaired) electrons. The maximum Gasteiger partial charge on any atom is 0.256 e. The van der Waals surface area contributed by atoms with Crippen molar-refractivity contribution in [2.75, 3.05) is 33.9 Å². The van der Waals surface area contributed by atoms with Crippen LogP contribution in [-0.2, 0) is 4.74 Å². The molecule has 0 aliphatic carbocycles. The van der Waals surface area contributed by atoms with Gasteiger partial charge >= 0.3 is 0 Å². The highest BCUT2D eigenvalue weighted by molar-refractivity contribution is 5.94. The summed E-state index contributed by atoms with van der Waals surface area (Å²) in [7, 11) is 2.91. The van der Waals surface area contributed by atoms with Crippen molar-refractivity contribution < 1.29 is 24.1 Å². The van der Waals surface area contributed by atoms with Crippen LogP contribution in [0.4, 0.5) is 4.39 Å². The molecule has 1 rings (SSSR count). The molecular weight excluding hydrogens is 277 g/mol. The Morgan fingerprint density at radius 1 is 1.52 bits per heavy atom. The Hall–Kier alpha value is -1.94. The third kappa shape index (κ3) is 5.16. The summed E-state index contributed by atoms with van der Waals surface area (Å²) < 4.78 is 18.7. The number of amides is 1. The lowest BCUT2D eigenvalue weighted by molar-refractivity contribution is 0.0378. The number of ether oxygens (including phenoxy) is 1. The molecule has 0 bridgehead atoms. The molecule has 0 saturated carbocycles. The van der Waals surface area contributed by atoms with Crippen LogP contribution in [-0.4, -0.2) is 61.0 Å². The zero-order valence-corrected chi connectivity index (χ0v) is 12.0. The van der Waals surface area contributed by atoms with Crippen molar-refractivity contribution in [2.24, 2.45) is 0 Å². The average molecular weight is 295 g/mol. The molecule has 1 unspecified atom stereocenters. The van der Waals surface area contributed by atoms with Crippen LogP contribution in [0.25, 0.3) is 0 Å². The molecule has 21 heavy (non-hydrogen) atoms. The van der Waals surface area contributed by atoms with Gasteiger partial charge in [0, 0.05) is 26.3 Å². The monoisotopic (exact) mass is 295 g/mol. The Balaban J connectivity index is 2.82. The second-order valence-corrected chi connectivity index (χ2v) is 4.45. The lowest BCUT2D eigenvalue weighted by Crippen LogP contribution is -2.36. The van der Waals surface area contributed by atoms with E-state index in [1.54, 1.807) is 0 Å². The van der Waals surface area contributed by atoms with Crippen molar-refractivity contribution in [3.63, 3.8) is 0 Å². The van der Waals surface area contributed by atoms with Crippen molar-refractivity contribution in [1.29, 1.82) is 0 Å². The van der Waals surface area contributed by atoms with Gasteiger partial charge in [-0.1, -0.05) is 11.8 Å². The Morgan fingerprint density at radius 3 is 2.81 bits per heavy atom. The number of nitrogens with zero attached hydrogens (tertiary/aromatic N) is 1. The zero-order chi connectivity index (χ0) is 15.8. The Kier molecular flexibility index (Phi) is 6.82. The number of hydrogen-bond donors (Lipinski definition) is 2. The van der Waals surface area contributed by atoms with E-state index in [1.807, 2.05) is 0 Å². The average Bonchev–Trinajstić information content (AvgIpc) is 2.44. The number of likely N-dealkylation sites (N-methyl/N-ethyl adjacent to an activating group) is 1. The molecule has 0 aliphatic rings. The van der Waals surface area contributed by atoms with Gasteiger partial charge in [0.25, 0.3) is 5.91 Å². The number of benzene rings is 1. The fourth-order valence-electron chi connectivity index (χ4n) is 1.76. The molecule has 0 heterocycles. The van der Waals surface area contributed by atoms with Gasteiger partial charge in [-0.25, -0.2) is 4.39 Å². The molecule has 0 fully saturated rings. The van der Waals surface area contributed by atoms with Crippen LogP contribution in [0.5, 0.6) is 0 Å². The summed E-state index contributed by atoms with van der Waals surface area (Å²) in [5, 5.41) is 18.1. The number of methoxy groups -OCH3 is 1. The highest BCUT2D eigenvalue weighted by atomic mass is 19.1. The normalized spacial score (nSPS) is 11.5. The maximum atomic E-state index is 13.9. The Morgan fingerprint density at radius 2 is 2.24 bits per heavy atom.